The summed E-state index contributed by atoms with van der Waals surface area (Å²) in [6.45, 7) is 8.03. The van der Waals surface area contributed by atoms with Gasteiger partial charge in [-0.05, 0) is 19.3 Å². The highest BCUT2D eigenvalue weighted by Crippen LogP contribution is 2.20. The molecule has 0 amide bonds. The third kappa shape index (κ3) is 4.17. The molecular weight excluding hydrogens is 218 g/mol. The van der Waals surface area contributed by atoms with Crippen LogP contribution in [0.25, 0.3) is 0 Å². The second-order valence-electron chi connectivity index (χ2n) is 4.85. The second kappa shape index (κ2) is 4.49. The largest absolute Gasteiger partial charge is 0.480 e. The van der Waals surface area contributed by atoms with Gasteiger partial charge in [0.25, 0.3) is 0 Å². The molecule has 5 nitrogen and oxygen atoms in total. The van der Waals surface area contributed by atoms with Gasteiger partial charge in [-0.2, -0.15) is 0 Å². The molecule has 0 radical (unpaired) electrons. The van der Waals surface area contributed by atoms with Crippen LogP contribution in [0.4, 0.5) is 0 Å². The lowest BCUT2D eigenvalue weighted by Gasteiger charge is -2.28. The SMILES string of the molecule is CC(C)S(=O)(=O)N[C@@H](C(=O)O)C(C)(C)C. The van der Waals surface area contributed by atoms with Crippen molar-refractivity contribution in [3.05, 3.63) is 0 Å². The molecule has 0 aliphatic rings. The minimum atomic E-state index is -3.56. The average Bonchev–Trinajstić information content (AvgIpc) is 1.97. The van der Waals surface area contributed by atoms with Crippen molar-refractivity contribution < 1.29 is 18.3 Å². The topological polar surface area (TPSA) is 83.5 Å². The molecule has 0 heterocycles. The number of carboxylic acids is 1. The van der Waals surface area contributed by atoms with Crippen molar-refractivity contribution >= 4 is 16.0 Å². The molecule has 0 aromatic heterocycles. The first-order chi connectivity index (χ1) is 6.48. The molecule has 2 N–H and O–H groups in total. The maximum Gasteiger partial charge on any atom is 0.322 e. The Bertz CT molecular complexity index is 327. The van der Waals surface area contributed by atoms with Crippen LogP contribution in [0.3, 0.4) is 0 Å². The Hall–Kier alpha value is -0.620. The maximum atomic E-state index is 11.5. The highest BCUT2D eigenvalue weighted by Gasteiger charge is 2.35. The van der Waals surface area contributed by atoms with Gasteiger partial charge in [-0.3, -0.25) is 4.79 Å². The van der Waals surface area contributed by atoms with E-state index in [1.165, 1.54) is 13.8 Å². The third-order valence-electron chi connectivity index (χ3n) is 2.02. The van der Waals surface area contributed by atoms with E-state index in [2.05, 4.69) is 4.72 Å². The molecule has 0 aromatic carbocycles. The van der Waals surface area contributed by atoms with Crippen LogP contribution < -0.4 is 4.72 Å². The predicted octanol–water partition coefficient (Wildman–Crippen LogP) is 0.813. The summed E-state index contributed by atoms with van der Waals surface area (Å²) in [6, 6.07) is -1.11. The normalized spacial score (nSPS) is 15.3. The molecule has 0 unspecified atom stereocenters. The van der Waals surface area contributed by atoms with Crippen molar-refractivity contribution in [1.82, 2.24) is 4.72 Å². The standard InChI is InChI=1S/C9H19NO4S/c1-6(2)15(13,14)10-7(8(11)12)9(3,4)5/h6-7,10H,1-5H3,(H,11,12)/t7-/m0/s1. The first-order valence-corrected chi connectivity index (χ1v) is 6.27. The zero-order valence-electron chi connectivity index (χ0n) is 9.73. The van der Waals surface area contributed by atoms with Gasteiger partial charge in [0.05, 0.1) is 5.25 Å². The fourth-order valence-electron chi connectivity index (χ4n) is 0.898. The summed E-state index contributed by atoms with van der Waals surface area (Å²) < 4.78 is 25.2. The van der Waals surface area contributed by atoms with Crippen molar-refractivity contribution in [1.29, 1.82) is 0 Å². The van der Waals surface area contributed by atoms with E-state index in [0.29, 0.717) is 0 Å². The second-order valence-corrected chi connectivity index (χ2v) is 7.12. The van der Waals surface area contributed by atoms with Crippen molar-refractivity contribution in [2.75, 3.05) is 0 Å². The van der Waals surface area contributed by atoms with Crippen LogP contribution in [0.15, 0.2) is 0 Å². The van der Waals surface area contributed by atoms with Crippen molar-refractivity contribution in [2.45, 2.75) is 45.9 Å². The highest BCUT2D eigenvalue weighted by molar-refractivity contribution is 7.90. The molecule has 15 heavy (non-hydrogen) atoms. The molecule has 1 atom stereocenters. The van der Waals surface area contributed by atoms with Gasteiger partial charge in [0.2, 0.25) is 10.0 Å². The molecule has 0 fully saturated rings. The molecule has 0 rings (SSSR count). The zero-order chi connectivity index (χ0) is 12.4. The Morgan fingerprint density at radius 1 is 1.27 bits per heavy atom. The van der Waals surface area contributed by atoms with Gasteiger partial charge >= 0.3 is 5.97 Å². The smallest absolute Gasteiger partial charge is 0.322 e. The maximum absolute atomic E-state index is 11.5. The van der Waals surface area contributed by atoms with Crippen LogP contribution in [0.5, 0.6) is 0 Å². The lowest BCUT2D eigenvalue weighted by molar-refractivity contribution is -0.141. The van der Waals surface area contributed by atoms with E-state index in [0.717, 1.165) is 0 Å². The summed E-state index contributed by atoms with van der Waals surface area (Å²) >= 11 is 0. The first kappa shape index (κ1) is 14.4. The van der Waals surface area contributed by atoms with E-state index in [4.69, 9.17) is 5.11 Å². The van der Waals surface area contributed by atoms with Crippen LogP contribution >= 0.6 is 0 Å². The molecule has 0 saturated heterocycles. The Morgan fingerprint density at radius 3 is 1.87 bits per heavy atom. The number of aliphatic carboxylic acids is 1. The number of hydrogen-bond donors (Lipinski definition) is 2. The van der Waals surface area contributed by atoms with Gasteiger partial charge in [-0.15, -0.1) is 0 Å². The zero-order valence-corrected chi connectivity index (χ0v) is 10.6. The van der Waals surface area contributed by atoms with Crippen molar-refractivity contribution in [3.8, 4) is 0 Å². The van der Waals surface area contributed by atoms with Crippen LogP contribution in [0.1, 0.15) is 34.6 Å². The number of nitrogens with one attached hydrogen (secondary N) is 1. The van der Waals surface area contributed by atoms with E-state index in [1.54, 1.807) is 20.8 Å². The number of sulfonamides is 1. The number of carboxylic acid groups (broad SMARTS) is 1. The average molecular weight is 237 g/mol. The van der Waals surface area contributed by atoms with Gasteiger partial charge in [0.1, 0.15) is 6.04 Å². The van der Waals surface area contributed by atoms with E-state index < -0.39 is 32.7 Å². The fraction of sp³-hybridized carbons (Fsp3) is 0.889. The monoisotopic (exact) mass is 237 g/mol. The molecule has 0 aliphatic carbocycles. The van der Waals surface area contributed by atoms with E-state index in [-0.39, 0.29) is 0 Å². The van der Waals surface area contributed by atoms with Gasteiger partial charge in [-0.1, -0.05) is 20.8 Å². The molecular formula is C9H19NO4S. The minimum Gasteiger partial charge on any atom is -0.480 e. The third-order valence-corrected chi connectivity index (χ3v) is 3.82. The minimum absolute atomic E-state index is 0.637. The summed E-state index contributed by atoms with van der Waals surface area (Å²) in [6.07, 6.45) is 0. The van der Waals surface area contributed by atoms with Crippen molar-refractivity contribution in [3.63, 3.8) is 0 Å². The van der Waals surface area contributed by atoms with Crippen LogP contribution in [0, 0.1) is 5.41 Å². The molecule has 0 bridgehead atoms. The van der Waals surface area contributed by atoms with Crippen LogP contribution in [-0.4, -0.2) is 30.8 Å². The van der Waals surface area contributed by atoms with E-state index in [9.17, 15) is 13.2 Å². The number of hydrogen-bond acceptors (Lipinski definition) is 3. The summed E-state index contributed by atoms with van der Waals surface area (Å²) in [7, 11) is -3.56. The van der Waals surface area contributed by atoms with Gasteiger partial charge in [-0.25, -0.2) is 13.1 Å². The predicted molar refractivity (Wildman–Crippen MR) is 58.1 cm³/mol. The summed E-state index contributed by atoms with van der Waals surface area (Å²) in [5.41, 5.74) is -0.659. The Morgan fingerprint density at radius 2 is 1.67 bits per heavy atom. The van der Waals surface area contributed by atoms with Gasteiger partial charge < -0.3 is 5.11 Å². The first-order valence-electron chi connectivity index (χ1n) is 4.72. The Labute approximate surface area is 90.9 Å². The molecule has 90 valence electrons. The fourth-order valence-corrected chi connectivity index (χ4v) is 1.95. The van der Waals surface area contributed by atoms with Gasteiger partial charge in [0, 0.05) is 0 Å². The quantitative estimate of drug-likeness (QED) is 0.758. The Kier molecular flexibility index (Phi) is 4.30. The molecule has 0 aromatic rings. The van der Waals surface area contributed by atoms with Crippen LogP contribution in [0.2, 0.25) is 0 Å². The number of carbonyl (C=O) groups is 1. The lowest BCUT2D eigenvalue weighted by Crippen LogP contribution is -2.50. The molecule has 6 heteroatoms. The molecule has 0 saturated carbocycles. The lowest BCUT2D eigenvalue weighted by atomic mass is 9.88. The highest BCUT2D eigenvalue weighted by atomic mass is 32.2. The molecule has 0 spiro atoms. The number of rotatable bonds is 4. The van der Waals surface area contributed by atoms with Gasteiger partial charge in [0.15, 0.2) is 0 Å². The van der Waals surface area contributed by atoms with E-state index in [1.807, 2.05) is 0 Å². The van der Waals surface area contributed by atoms with Crippen molar-refractivity contribution in [2.24, 2.45) is 5.41 Å². The Balaban J connectivity index is 4.97. The summed E-state index contributed by atoms with van der Waals surface area (Å²) in [5.74, 6) is -1.16. The molecule has 0 aliphatic heterocycles. The van der Waals surface area contributed by atoms with E-state index >= 15 is 0 Å². The summed E-state index contributed by atoms with van der Waals surface area (Å²) in [5, 5.41) is 8.29. The summed E-state index contributed by atoms with van der Waals surface area (Å²) in [4.78, 5) is 10.9. The van der Waals surface area contributed by atoms with Crippen LogP contribution in [-0.2, 0) is 14.8 Å².